The first-order valence-electron chi connectivity index (χ1n) is 11.8. The maximum atomic E-state index is 12.2. The molecule has 0 amide bonds. The molecule has 0 atom stereocenters. The van der Waals surface area contributed by atoms with E-state index in [4.69, 9.17) is 4.74 Å². The van der Waals surface area contributed by atoms with E-state index in [2.05, 4.69) is 17.5 Å². The Labute approximate surface area is 186 Å². The topological polar surface area (TPSA) is 93.8 Å². The third kappa shape index (κ3) is 12.8. The molecule has 0 aromatic heterocycles. The van der Waals surface area contributed by atoms with Crippen LogP contribution in [0, 0.1) is 10.1 Å². The lowest BCUT2D eigenvalue weighted by molar-refractivity contribution is -0.384. The van der Waals surface area contributed by atoms with Gasteiger partial charge in [0.2, 0.25) is 0 Å². The number of nitrogens with zero attached hydrogens (tertiary/aromatic N) is 2. The van der Waals surface area contributed by atoms with Crippen molar-refractivity contribution in [3.8, 4) is 0 Å². The summed E-state index contributed by atoms with van der Waals surface area (Å²) in [6.07, 6.45) is 15.6. The fourth-order valence-corrected chi connectivity index (χ4v) is 3.34. The second-order valence-electron chi connectivity index (χ2n) is 7.83. The number of hydrazone groups is 1. The monoisotopic (exact) mass is 433 g/mol. The SMILES string of the molecule is CCCCCCCCCCCCCC/C(=N/Nc1ccc([N+](=O)[O-])cc1)C(=O)OCC. The van der Waals surface area contributed by atoms with E-state index in [1.807, 2.05) is 0 Å². The van der Waals surface area contributed by atoms with Crippen molar-refractivity contribution >= 4 is 23.1 Å². The van der Waals surface area contributed by atoms with E-state index in [0.717, 1.165) is 12.8 Å². The van der Waals surface area contributed by atoms with Crippen LogP contribution in [0.2, 0.25) is 0 Å². The molecule has 0 fully saturated rings. The largest absolute Gasteiger partial charge is 0.461 e. The molecule has 0 heterocycles. The summed E-state index contributed by atoms with van der Waals surface area (Å²) in [6.45, 7) is 4.31. The molecule has 0 bridgehead atoms. The molecule has 7 heteroatoms. The maximum Gasteiger partial charge on any atom is 0.354 e. The summed E-state index contributed by atoms with van der Waals surface area (Å²) in [5.41, 5.74) is 3.76. The van der Waals surface area contributed by atoms with Crippen LogP contribution in [0.3, 0.4) is 0 Å². The number of unbranched alkanes of at least 4 members (excludes halogenated alkanes) is 11. The predicted molar refractivity (Wildman–Crippen MR) is 126 cm³/mol. The van der Waals surface area contributed by atoms with Gasteiger partial charge in [0.25, 0.3) is 5.69 Å². The molecule has 31 heavy (non-hydrogen) atoms. The summed E-state index contributed by atoms with van der Waals surface area (Å²) in [6, 6.07) is 5.92. The molecule has 1 aromatic rings. The van der Waals surface area contributed by atoms with Gasteiger partial charge in [0.05, 0.1) is 17.2 Å². The van der Waals surface area contributed by atoms with Gasteiger partial charge in [-0.3, -0.25) is 15.5 Å². The molecule has 0 spiro atoms. The van der Waals surface area contributed by atoms with E-state index in [1.165, 1.54) is 76.3 Å². The second-order valence-corrected chi connectivity index (χ2v) is 7.83. The summed E-state index contributed by atoms with van der Waals surface area (Å²) >= 11 is 0. The average molecular weight is 434 g/mol. The molecule has 1 rings (SSSR count). The van der Waals surface area contributed by atoms with Crippen LogP contribution in [-0.2, 0) is 9.53 Å². The van der Waals surface area contributed by atoms with Gasteiger partial charge in [0.1, 0.15) is 5.71 Å². The summed E-state index contributed by atoms with van der Waals surface area (Å²) in [4.78, 5) is 22.4. The van der Waals surface area contributed by atoms with E-state index in [-0.39, 0.29) is 5.69 Å². The van der Waals surface area contributed by atoms with Crippen LogP contribution in [0.4, 0.5) is 11.4 Å². The number of anilines is 1. The number of ether oxygens (including phenoxy) is 1. The number of carbonyl (C=O) groups is 1. The summed E-state index contributed by atoms with van der Waals surface area (Å²) in [5.74, 6) is -0.417. The lowest BCUT2D eigenvalue weighted by Gasteiger charge is -2.08. The number of esters is 1. The van der Waals surface area contributed by atoms with Gasteiger partial charge in [-0.25, -0.2) is 4.79 Å². The third-order valence-electron chi connectivity index (χ3n) is 5.18. The van der Waals surface area contributed by atoms with Crippen molar-refractivity contribution < 1.29 is 14.5 Å². The van der Waals surface area contributed by atoms with Crippen molar-refractivity contribution in [2.45, 2.75) is 97.3 Å². The molecule has 0 saturated heterocycles. The first kappa shape index (κ1) is 26.6. The fraction of sp³-hybridized carbons (Fsp3) is 0.667. The lowest BCUT2D eigenvalue weighted by Crippen LogP contribution is -2.19. The summed E-state index contributed by atoms with van der Waals surface area (Å²) < 4.78 is 5.10. The van der Waals surface area contributed by atoms with E-state index < -0.39 is 10.9 Å². The number of nitrogens with one attached hydrogen (secondary N) is 1. The number of rotatable bonds is 18. The number of non-ortho nitro benzene ring substituents is 1. The average Bonchev–Trinajstić information content (AvgIpc) is 2.77. The zero-order chi connectivity index (χ0) is 22.7. The van der Waals surface area contributed by atoms with Gasteiger partial charge in [-0.15, -0.1) is 0 Å². The first-order valence-corrected chi connectivity index (χ1v) is 11.8. The van der Waals surface area contributed by atoms with Crippen molar-refractivity contribution in [2.75, 3.05) is 12.0 Å². The minimum Gasteiger partial charge on any atom is -0.461 e. The number of benzene rings is 1. The number of carbonyl (C=O) groups excluding carboxylic acids is 1. The minimum absolute atomic E-state index is 0.0108. The van der Waals surface area contributed by atoms with Gasteiger partial charge in [-0.1, -0.05) is 77.6 Å². The Kier molecular flexibility index (Phi) is 14.8. The van der Waals surface area contributed by atoms with Gasteiger partial charge in [0, 0.05) is 12.1 Å². The molecule has 1 N–H and O–H groups in total. The summed E-state index contributed by atoms with van der Waals surface area (Å²) in [7, 11) is 0. The third-order valence-corrected chi connectivity index (χ3v) is 5.18. The molecular weight excluding hydrogens is 394 g/mol. The second kappa shape index (κ2) is 17.3. The quantitative estimate of drug-likeness (QED) is 0.0882. The zero-order valence-electron chi connectivity index (χ0n) is 19.2. The van der Waals surface area contributed by atoms with Gasteiger partial charge in [0.15, 0.2) is 0 Å². The Balaban J connectivity index is 2.29. The highest BCUT2D eigenvalue weighted by Gasteiger charge is 2.13. The highest BCUT2D eigenvalue weighted by atomic mass is 16.6. The van der Waals surface area contributed by atoms with Crippen LogP contribution in [-0.4, -0.2) is 23.2 Å². The number of hydrogen-bond acceptors (Lipinski definition) is 6. The van der Waals surface area contributed by atoms with Crippen molar-refractivity contribution in [1.82, 2.24) is 0 Å². The van der Waals surface area contributed by atoms with Crippen LogP contribution >= 0.6 is 0 Å². The Bertz CT molecular complexity index is 659. The van der Waals surface area contributed by atoms with E-state index in [9.17, 15) is 14.9 Å². The standard InChI is InChI=1S/C24H39N3O4/c1-3-5-6-7-8-9-10-11-12-13-14-15-16-23(24(28)31-4-2)26-25-21-17-19-22(20-18-21)27(29)30/h17-20,25H,3-16H2,1-2H3/b26-23-. The molecule has 0 aliphatic rings. The van der Waals surface area contributed by atoms with Crippen LogP contribution < -0.4 is 5.43 Å². The van der Waals surface area contributed by atoms with Gasteiger partial charge < -0.3 is 4.74 Å². The van der Waals surface area contributed by atoms with E-state index in [0.29, 0.717) is 24.4 Å². The zero-order valence-corrected chi connectivity index (χ0v) is 19.2. The number of nitro benzene ring substituents is 1. The Hall–Kier alpha value is -2.44. The lowest BCUT2D eigenvalue weighted by atomic mass is 10.0. The molecule has 0 radical (unpaired) electrons. The summed E-state index contributed by atoms with van der Waals surface area (Å²) in [5, 5.41) is 14.9. The first-order chi connectivity index (χ1) is 15.1. The van der Waals surface area contributed by atoms with Crippen LogP contribution in [0.15, 0.2) is 29.4 Å². The van der Waals surface area contributed by atoms with Crippen LogP contribution in [0.25, 0.3) is 0 Å². The van der Waals surface area contributed by atoms with Gasteiger partial charge in [-0.05, 0) is 31.9 Å². The molecule has 7 nitrogen and oxygen atoms in total. The normalized spacial score (nSPS) is 11.4. The van der Waals surface area contributed by atoms with Crippen molar-refractivity contribution in [3.63, 3.8) is 0 Å². The Morgan fingerprint density at radius 2 is 1.42 bits per heavy atom. The van der Waals surface area contributed by atoms with E-state index >= 15 is 0 Å². The number of nitro groups is 1. The molecule has 0 unspecified atom stereocenters. The Morgan fingerprint density at radius 3 is 1.90 bits per heavy atom. The molecule has 0 aliphatic heterocycles. The number of hydrogen-bond donors (Lipinski definition) is 1. The smallest absolute Gasteiger partial charge is 0.354 e. The molecule has 1 aromatic carbocycles. The fourth-order valence-electron chi connectivity index (χ4n) is 3.34. The van der Waals surface area contributed by atoms with Crippen LogP contribution in [0.5, 0.6) is 0 Å². The van der Waals surface area contributed by atoms with Gasteiger partial charge in [-0.2, -0.15) is 5.10 Å². The maximum absolute atomic E-state index is 12.2. The van der Waals surface area contributed by atoms with Crippen LogP contribution in [0.1, 0.15) is 97.3 Å². The minimum atomic E-state index is -0.454. The van der Waals surface area contributed by atoms with Crippen molar-refractivity contribution in [1.29, 1.82) is 0 Å². The van der Waals surface area contributed by atoms with Crippen molar-refractivity contribution in [2.24, 2.45) is 5.10 Å². The molecule has 174 valence electrons. The molecule has 0 saturated carbocycles. The Morgan fingerprint density at radius 1 is 0.903 bits per heavy atom. The highest BCUT2D eigenvalue weighted by Crippen LogP contribution is 2.16. The van der Waals surface area contributed by atoms with Crippen molar-refractivity contribution in [3.05, 3.63) is 34.4 Å². The predicted octanol–water partition coefficient (Wildman–Crippen LogP) is 7.02. The molecule has 0 aliphatic carbocycles. The molecular formula is C24H39N3O4. The highest BCUT2D eigenvalue weighted by molar-refractivity contribution is 6.36. The van der Waals surface area contributed by atoms with E-state index in [1.54, 1.807) is 19.1 Å². The van der Waals surface area contributed by atoms with Gasteiger partial charge >= 0.3 is 5.97 Å².